The lowest BCUT2D eigenvalue weighted by atomic mass is 10.1. The summed E-state index contributed by atoms with van der Waals surface area (Å²) < 4.78 is 0.836. The van der Waals surface area contributed by atoms with Crippen molar-refractivity contribution >= 4 is 68.8 Å². The van der Waals surface area contributed by atoms with Crippen LogP contribution in [0.2, 0.25) is 0 Å². The molecule has 9 heteroatoms. The number of thioether (sulfide) groups is 1. The van der Waals surface area contributed by atoms with Gasteiger partial charge in [0.25, 0.3) is 11.8 Å². The second kappa shape index (κ2) is 12.8. The van der Waals surface area contributed by atoms with Gasteiger partial charge in [-0.05, 0) is 72.3 Å². The van der Waals surface area contributed by atoms with Crippen molar-refractivity contribution in [3.05, 3.63) is 130 Å². The van der Waals surface area contributed by atoms with Gasteiger partial charge in [-0.3, -0.25) is 19.2 Å². The van der Waals surface area contributed by atoms with E-state index in [0.717, 1.165) is 14.9 Å². The molecule has 1 aliphatic rings. The van der Waals surface area contributed by atoms with E-state index in [9.17, 15) is 19.2 Å². The third-order valence-electron chi connectivity index (χ3n) is 6.20. The summed E-state index contributed by atoms with van der Waals surface area (Å²) in [4.78, 5) is 53.6. The minimum Gasteiger partial charge on any atom is -0.321 e. The fourth-order valence-corrected chi connectivity index (χ4v) is 5.70. The largest absolute Gasteiger partial charge is 0.321 e. The van der Waals surface area contributed by atoms with E-state index >= 15 is 0 Å². The van der Waals surface area contributed by atoms with Gasteiger partial charge in [0, 0.05) is 27.0 Å². The number of nitrogens with one attached hydrogen (secondary N) is 2. The first kappa shape index (κ1) is 28.1. The van der Waals surface area contributed by atoms with Crippen LogP contribution < -0.4 is 15.5 Å². The molecule has 0 saturated carbocycles. The number of imide groups is 1. The summed E-state index contributed by atoms with van der Waals surface area (Å²) in [5.74, 6) is -1.39. The zero-order chi connectivity index (χ0) is 28.8. The molecule has 4 aromatic rings. The average Bonchev–Trinajstić information content (AvgIpc) is 3.26. The quantitative estimate of drug-likeness (QED) is 0.177. The van der Waals surface area contributed by atoms with Crippen molar-refractivity contribution in [1.29, 1.82) is 0 Å². The molecule has 1 fully saturated rings. The number of nitrogens with zero attached hydrogens (tertiary/aromatic N) is 1. The van der Waals surface area contributed by atoms with E-state index in [1.807, 2.05) is 36.4 Å². The lowest BCUT2D eigenvalue weighted by Gasteiger charge is -2.15. The molecular formula is C32H24BrN3O4S. The van der Waals surface area contributed by atoms with E-state index < -0.39 is 17.1 Å². The van der Waals surface area contributed by atoms with Crippen molar-refractivity contribution in [2.45, 2.75) is 16.6 Å². The van der Waals surface area contributed by atoms with Gasteiger partial charge in [-0.15, -0.1) is 11.8 Å². The van der Waals surface area contributed by atoms with Crippen LogP contribution in [0.4, 0.5) is 11.4 Å². The van der Waals surface area contributed by atoms with Gasteiger partial charge >= 0.3 is 0 Å². The predicted molar refractivity (Wildman–Crippen MR) is 164 cm³/mol. The summed E-state index contributed by atoms with van der Waals surface area (Å²) in [6.45, 7) is 0. The highest BCUT2D eigenvalue weighted by Gasteiger charge is 2.40. The van der Waals surface area contributed by atoms with Crippen molar-refractivity contribution < 1.29 is 19.2 Å². The Bertz CT molecular complexity index is 1630. The topological polar surface area (TPSA) is 95.6 Å². The Morgan fingerprint density at radius 3 is 2.22 bits per heavy atom. The molecule has 204 valence electrons. The van der Waals surface area contributed by atoms with E-state index in [4.69, 9.17) is 0 Å². The third-order valence-corrected chi connectivity index (χ3v) is 7.89. The van der Waals surface area contributed by atoms with Crippen LogP contribution in [-0.2, 0) is 14.4 Å². The van der Waals surface area contributed by atoms with Crippen LogP contribution in [0.5, 0.6) is 0 Å². The first-order chi connectivity index (χ1) is 19.9. The highest BCUT2D eigenvalue weighted by Crippen LogP contribution is 2.34. The lowest BCUT2D eigenvalue weighted by Crippen LogP contribution is -2.31. The molecule has 1 aliphatic heterocycles. The van der Waals surface area contributed by atoms with Gasteiger partial charge in [0.2, 0.25) is 11.8 Å². The maximum atomic E-state index is 13.3. The molecule has 41 heavy (non-hydrogen) atoms. The first-order valence-corrected chi connectivity index (χ1v) is 14.4. The molecule has 2 N–H and O–H groups in total. The summed E-state index contributed by atoms with van der Waals surface area (Å²) in [7, 11) is 0. The maximum absolute atomic E-state index is 13.3. The van der Waals surface area contributed by atoms with Gasteiger partial charge < -0.3 is 10.6 Å². The van der Waals surface area contributed by atoms with Crippen LogP contribution in [0, 0.1) is 0 Å². The molecule has 1 saturated heterocycles. The van der Waals surface area contributed by atoms with Gasteiger partial charge in [0.15, 0.2) is 0 Å². The highest BCUT2D eigenvalue weighted by molar-refractivity contribution is 9.10. The van der Waals surface area contributed by atoms with Crippen LogP contribution in [0.1, 0.15) is 22.3 Å². The molecule has 4 aromatic carbocycles. The Morgan fingerprint density at radius 1 is 0.854 bits per heavy atom. The maximum Gasteiger partial charge on any atom is 0.272 e. The molecular weight excluding hydrogens is 602 g/mol. The number of carbonyl (C=O) groups is 4. The fraction of sp³-hybridized carbons (Fsp3) is 0.0625. The molecule has 0 aromatic heterocycles. The average molecular weight is 627 g/mol. The monoisotopic (exact) mass is 625 g/mol. The second-order valence-electron chi connectivity index (χ2n) is 9.13. The number of rotatable bonds is 8. The Hall–Kier alpha value is -4.47. The normalized spacial score (nSPS) is 15.1. The fourth-order valence-electron chi connectivity index (χ4n) is 4.23. The van der Waals surface area contributed by atoms with Gasteiger partial charge in [0.1, 0.15) is 5.70 Å². The zero-order valence-corrected chi connectivity index (χ0v) is 24.0. The van der Waals surface area contributed by atoms with Crippen molar-refractivity contribution in [2.75, 3.05) is 10.2 Å². The standard InChI is InChI=1S/C32H24BrN3O4S/c33-23-11-7-8-21(18-23)19-27(35-30(38)22-9-3-1-4-10-22)31(39)34-24-14-16-26(17-15-24)41-28-20-29(37)36(32(28)40)25-12-5-2-6-13-25/h1-19,28H,20H2,(H,34,39)(H,35,38)/b27-19-. The van der Waals surface area contributed by atoms with E-state index in [-0.39, 0.29) is 23.9 Å². The smallest absolute Gasteiger partial charge is 0.272 e. The van der Waals surface area contributed by atoms with E-state index in [1.54, 1.807) is 78.9 Å². The summed E-state index contributed by atoms with van der Waals surface area (Å²) in [6.07, 6.45) is 1.72. The van der Waals surface area contributed by atoms with Crippen molar-refractivity contribution in [3.8, 4) is 0 Å². The zero-order valence-electron chi connectivity index (χ0n) is 21.6. The van der Waals surface area contributed by atoms with E-state index in [2.05, 4.69) is 26.6 Å². The highest BCUT2D eigenvalue weighted by atomic mass is 79.9. The molecule has 0 radical (unpaired) electrons. The Morgan fingerprint density at radius 2 is 1.54 bits per heavy atom. The number of benzene rings is 4. The van der Waals surface area contributed by atoms with Gasteiger partial charge in [-0.2, -0.15) is 0 Å². The number of anilines is 2. The van der Waals surface area contributed by atoms with Crippen molar-refractivity contribution in [3.63, 3.8) is 0 Å². The van der Waals surface area contributed by atoms with Crippen molar-refractivity contribution in [1.82, 2.24) is 5.32 Å². The molecule has 1 atom stereocenters. The van der Waals surface area contributed by atoms with Gasteiger partial charge in [0.05, 0.1) is 10.9 Å². The SMILES string of the molecule is O=C(Nc1ccc(SC2CC(=O)N(c3ccccc3)C2=O)cc1)/C(=C/c1cccc(Br)c1)NC(=O)c1ccccc1. The first-order valence-electron chi connectivity index (χ1n) is 12.7. The lowest BCUT2D eigenvalue weighted by molar-refractivity contribution is -0.121. The van der Waals surface area contributed by atoms with Crippen molar-refractivity contribution in [2.24, 2.45) is 0 Å². The summed E-state index contributed by atoms with van der Waals surface area (Å²) in [5.41, 5.74) is 2.30. The van der Waals surface area contributed by atoms with Crippen LogP contribution in [-0.4, -0.2) is 28.9 Å². The summed E-state index contributed by atoms with van der Waals surface area (Å²) >= 11 is 4.74. The molecule has 7 nitrogen and oxygen atoms in total. The number of hydrogen-bond acceptors (Lipinski definition) is 5. The van der Waals surface area contributed by atoms with Crippen LogP contribution >= 0.6 is 27.7 Å². The second-order valence-corrected chi connectivity index (χ2v) is 11.3. The van der Waals surface area contributed by atoms with Gasteiger partial charge in [-0.25, -0.2) is 4.90 Å². The number of para-hydroxylation sites is 1. The molecule has 0 spiro atoms. The summed E-state index contributed by atoms with van der Waals surface area (Å²) in [5, 5.41) is 5.02. The molecule has 1 heterocycles. The summed E-state index contributed by atoms with van der Waals surface area (Å²) in [6, 6.07) is 31.9. The third kappa shape index (κ3) is 7.00. The molecule has 1 unspecified atom stereocenters. The number of amides is 4. The van der Waals surface area contributed by atoms with E-state index in [0.29, 0.717) is 16.9 Å². The minimum absolute atomic E-state index is 0.0754. The predicted octanol–water partition coefficient (Wildman–Crippen LogP) is 6.28. The number of halogens is 1. The van der Waals surface area contributed by atoms with E-state index in [1.165, 1.54) is 16.7 Å². The molecule has 5 rings (SSSR count). The van der Waals surface area contributed by atoms with Crippen LogP contribution in [0.15, 0.2) is 124 Å². The molecule has 0 bridgehead atoms. The Balaban J connectivity index is 1.28. The number of hydrogen-bond donors (Lipinski definition) is 2. The minimum atomic E-state index is -0.531. The van der Waals surface area contributed by atoms with Crippen LogP contribution in [0.25, 0.3) is 6.08 Å². The molecule has 4 amide bonds. The Kier molecular flexibility index (Phi) is 8.76. The van der Waals surface area contributed by atoms with Crippen LogP contribution in [0.3, 0.4) is 0 Å². The number of carbonyl (C=O) groups excluding carboxylic acids is 4. The molecule has 0 aliphatic carbocycles. The van der Waals surface area contributed by atoms with Gasteiger partial charge in [-0.1, -0.05) is 64.5 Å². The Labute approximate surface area is 249 Å².